The zero-order valence-corrected chi connectivity index (χ0v) is 6.90. The van der Waals surface area contributed by atoms with E-state index in [0.29, 0.717) is 11.5 Å². The van der Waals surface area contributed by atoms with Crippen LogP contribution in [0.25, 0.3) is 0 Å². The SMILES string of the molecule is Nc1ncc(C2CC2)c(C(=O)O)n1. The summed E-state index contributed by atoms with van der Waals surface area (Å²) in [5, 5.41) is 8.82. The van der Waals surface area contributed by atoms with Gasteiger partial charge < -0.3 is 10.8 Å². The second-order valence-electron chi connectivity index (χ2n) is 3.11. The first-order valence-electron chi connectivity index (χ1n) is 4.04. The number of carboxylic acid groups (broad SMARTS) is 1. The third-order valence-electron chi connectivity index (χ3n) is 2.06. The third kappa shape index (κ3) is 1.44. The smallest absolute Gasteiger partial charge is 0.354 e. The normalized spacial score (nSPS) is 15.7. The van der Waals surface area contributed by atoms with Crippen LogP contribution in [0.1, 0.15) is 34.8 Å². The predicted molar refractivity (Wildman–Crippen MR) is 45.4 cm³/mol. The van der Waals surface area contributed by atoms with Crippen molar-refractivity contribution in [1.29, 1.82) is 0 Å². The van der Waals surface area contributed by atoms with Crippen LogP contribution in [0.4, 0.5) is 5.95 Å². The van der Waals surface area contributed by atoms with Gasteiger partial charge in [-0.25, -0.2) is 14.8 Å². The standard InChI is InChI=1S/C8H9N3O2/c9-8-10-3-5(4-1-2-4)6(11-8)7(12)13/h3-4H,1-2H2,(H,12,13)(H2,9,10,11). The van der Waals surface area contributed by atoms with E-state index in [1.165, 1.54) is 6.20 Å². The first kappa shape index (κ1) is 7.97. The van der Waals surface area contributed by atoms with Crippen molar-refractivity contribution in [3.8, 4) is 0 Å². The molecule has 0 unspecified atom stereocenters. The highest BCUT2D eigenvalue weighted by Gasteiger charge is 2.29. The summed E-state index contributed by atoms with van der Waals surface area (Å²) in [7, 11) is 0. The number of nitrogens with two attached hydrogens (primary N) is 1. The predicted octanol–water partition coefficient (Wildman–Crippen LogP) is 0.634. The van der Waals surface area contributed by atoms with Crippen LogP contribution in [0.3, 0.4) is 0 Å². The fourth-order valence-corrected chi connectivity index (χ4v) is 1.27. The number of rotatable bonds is 2. The summed E-state index contributed by atoms with van der Waals surface area (Å²) in [5.74, 6) is -0.690. The fraction of sp³-hybridized carbons (Fsp3) is 0.375. The van der Waals surface area contributed by atoms with Gasteiger partial charge in [-0.1, -0.05) is 0 Å². The number of aromatic carboxylic acids is 1. The number of aromatic nitrogens is 2. The van der Waals surface area contributed by atoms with Crippen LogP contribution in [0.5, 0.6) is 0 Å². The molecule has 3 N–H and O–H groups in total. The molecule has 5 heteroatoms. The van der Waals surface area contributed by atoms with Gasteiger partial charge in [0.1, 0.15) is 0 Å². The topological polar surface area (TPSA) is 89.1 Å². The van der Waals surface area contributed by atoms with E-state index in [1.54, 1.807) is 0 Å². The van der Waals surface area contributed by atoms with Gasteiger partial charge in [0.05, 0.1) is 0 Å². The van der Waals surface area contributed by atoms with Crippen molar-refractivity contribution in [2.75, 3.05) is 5.73 Å². The van der Waals surface area contributed by atoms with Crippen LogP contribution in [-0.4, -0.2) is 21.0 Å². The highest BCUT2D eigenvalue weighted by molar-refractivity contribution is 5.87. The van der Waals surface area contributed by atoms with E-state index < -0.39 is 5.97 Å². The summed E-state index contributed by atoms with van der Waals surface area (Å²) in [4.78, 5) is 18.2. The first-order valence-corrected chi connectivity index (χ1v) is 4.04. The molecule has 0 spiro atoms. The van der Waals surface area contributed by atoms with E-state index in [9.17, 15) is 4.79 Å². The Hall–Kier alpha value is -1.65. The van der Waals surface area contributed by atoms with Crippen LogP contribution < -0.4 is 5.73 Å². The molecule has 0 aliphatic heterocycles. The Morgan fingerprint density at radius 3 is 2.85 bits per heavy atom. The minimum atomic E-state index is -1.03. The van der Waals surface area contributed by atoms with Crippen molar-refractivity contribution in [2.24, 2.45) is 0 Å². The van der Waals surface area contributed by atoms with Gasteiger partial charge in [0.25, 0.3) is 0 Å². The zero-order chi connectivity index (χ0) is 9.42. The minimum Gasteiger partial charge on any atom is -0.476 e. The summed E-state index contributed by atoms with van der Waals surface area (Å²) in [5.41, 5.74) is 6.06. The van der Waals surface area contributed by atoms with Crippen LogP contribution >= 0.6 is 0 Å². The average Bonchev–Trinajstić information content (AvgIpc) is 2.87. The molecule has 1 aromatic heterocycles. The molecule has 1 aliphatic carbocycles. The van der Waals surface area contributed by atoms with Crippen LogP contribution in [-0.2, 0) is 0 Å². The number of hydrogen-bond donors (Lipinski definition) is 2. The molecule has 1 aromatic rings. The van der Waals surface area contributed by atoms with Gasteiger partial charge in [-0.3, -0.25) is 0 Å². The summed E-state index contributed by atoms with van der Waals surface area (Å²) in [6.45, 7) is 0. The van der Waals surface area contributed by atoms with Gasteiger partial charge in [0.15, 0.2) is 5.69 Å². The van der Waals surface area contributed by atoms with E-state index in [4.69, 9.17) is 10.8 Å². The number of hydrogen-bond acceptors (Lipinski definition) is 4. The van der Waals surface area contributed by atoms with E-state index in [1.807, 2.05) is 0 Å². The van der Waals surface area contributed by atoms with E-state index >= 15 is 0 Å². The molecule has 0 atom stereocenters. The van der Waals surface area contributed by atoms with Gasteiger partial charge in [0.2, 0.25) is 5.95 Å². The summed E-state index contributed by atoms with van der Waals surface area (Å²) in [6.07, 6.45) is 3.56. The van der Waals surface area contributed by atoms with Crippen LogP contribution in [0, 0.1) is 0 Å². The quantitative estimate of drug-likeness (QED) is 0.695. The van der Waals surface area contributed by atoms with E-state index in [-0.39, 0.29) is 11.6 Å². The molecule has 0 aromatic carbocycles. The third-order valence-corrected chi connectivity index (χ3v) is 2.06. The van der Waals surface area contributed by atoms with E-state index in [0.717, 1.165) is 12.8 Å². The van der Waals surface area contributed by atoms with Crippen molar-refractivity contribution < 1.29 is 9.90 Å². The molecular formula is C8H9N3O2. The molecule has 68 valence electrons. The largest absolute Gasteiger partial charge is 0.476 e. The number of anilines is 1. The Morgan fingerprint density at radius 1 is 1.62 bits per heavy atom. The molecule has 0 saturated heterocycles. The Balaban J connectivity index is 2.47. The van der Waals surface area contributed by atoms with Gasteiger partial charge >= 0.3 is 5.97 Å². The number of carbonyl (C=O) groups is 1. The highest BCUT2D eigenvalue weighted by Crippen LogP contribution is 2.40. The molecule has 5 nitrogen and oxygen atoms in total. The maximum absolute atomic E-state index is 10.8. The Bertz CT molecular complexity index is 360. The van der Waals surface area contributed by atoms with Crippen LogP contribution in [0.15, 0.2) is 6.20 Å². The van der Waals surface area contributed by atoms with Crippen molar-refractivity contribution in [1.82, 2.24) is 9.97 Å². The molecule has 0 amide bonds. The summed E-state index contributed by atoms with van der Waals surface area (Å²) in [6, 6.07) is 0. The molecule has 2 rings (SSSR count). The number of carboxylic acids is 1. The maximum Gasteiger partial charge on any atom is 0.354 e. The Kier molecular flexibility index (Phi) is 1.65. The van der Waals surface area contributed by atoms with Crippen molar-refractivity contribution in [3.05, 3.63) is 17.5 Å². The van der Waals surface area contributed by atoms with Gasteiger partial charge in [-0.2, -0.15) is 0 Å². The number of nitrogen functional groups attached to an aromatic ring is 1. The Labute approximate surface area is 74.6 Å². The van der Waals surface area contributed by atoms with E-state index in [2.05, 4.69) is 9.97 Å². The molecule has 1 saturated carbocycles. The highest BCUT2D eigenvalue weighted by atomic mass is 16.4. The molecule has 0 radical (unpaired) electrons. The fourth-order valence-electron chi connectivity index (χ4n) is 1.27. The molecule has 1 fully saturated rings. The maximum atomic E-state index is 10.8. The Morgan fingerprint density at radius 2 is 2.31 bits per heavy atom. The zero-order valence-electron chi connectivity index (χ0n) is 6.90. The lowest BCUT2D eigenvalue weighted by atomic mass is 10.1. The second kappa shape index (κ2) is 2.69. The molecular weight excluding hydrogens is 170 g/mol. The summed E-state index contributed by atoms with van der Waals surface area (Å²) >= 11 is 0. The van der Waals surface area contributed by atoms with Gasteiger partial charge in [0, 0.05) is 11.8 Å². The molecule has 1 aliphatic rings. The van der Waals surface area contributed by atoms with Gasteiger partial charge in [-0.15, -0.1) is 0 Å². The lowest BCUT2D eigenvalue weighted by Crippen LogP contribution is -2.08. The van der Waals surface area contributed by atoms with Crippen LogP contribution in [0.2, 0.25) is 0 Å². The molecule has 13 heavy (non-hydrogen) atoms. The molecule has 1 heterocycles. The second-order valence-corrected chi connectivity index (χ2v) is 3.11. The average molecular weight is 179 g/mol. The van der Waals surface area contributed by atoms with Crippen molar-refractivity contribution >= 4 is 11.9 Å². The molecule has 0 bridgehead atoms. The lowest BCUT2D eigenvalue weighted by molar-refractivity contribution is 0.0689. The monoisotopic (exact) mass is 179 g/mol. The lowest BCUT2D eigenvalue weighted by Gasteiger charge is -2.02. The van der Waals surface area contributed by atoms with Crippen molar-refractivity contribution in [2.45, 2.75) is 18.8 Å². The summed E-state index contributed by atoms with van der Waals surface area (Å²) < 4.78 is 0. The van der Waals surface area contributed by atoms with Crippen molar-refractivity contribution in [3.63, 3.8) is 0 Å². The first-order chi connectivity index (χ1) is 6.18. The minimum absolute atomic E-state index is 0.0156. The number of nitrogens with zero attached hydrogens (tertiary/aromatic N) is 2. The van der Waals surface area contributed by atoms with Gasteiger partial charge in [-0.05, 0) is 18.8 Å².